The van der Waals surface area contributed by atoms with E-state index in [9.17, 15) is 9.90 Å². The molecule has 4 nitrogen and oxygen atoms in total. The number of fused-ring (bicyclic) bond motifs is 3. The summed E-state index contributed by atoms with van der Waals surface area (Å²) < 4.78 is 2.08. The Labute approximate surface area is 135 Å². The molecular weight excluding hydrogens is 288 g/mol. The Hall–Kier alpha value is -2.17. The fourth-order valence-electron chi connectivity index (χ4n) is 3.31. The second-order valence-electron chi connectivity index (χ2n) is 5.83. The van der Waals surface area contributed by atoms with E-state index in [1.807, 2.05) is 36.4 Å². The molecule has 4 heteroatoms. The van der Waals surface area contributed by atoms with Crippen molar-refractivity contribution < 1.29 is 9.90 Å². The normalized spacial score (nSPS) is 12.8. The largest absolute Gasteiger partial charge is 0.389 e. The van der Waals surface area contributed by atoms with Gasteiger partial charge in [-0.3, -0.25) is 4.79 Å². The SMILES string of the molecule is NCCCC[C@@H](C(=O)CO)n1c2ccccc2c2ccccc21. The lowest BCUT2D eigenvalue weighted by Gasteiger charge is -2.19. The van der Waals surface area contributed by atoms with Crippen LogP contribution in [-0.4, -0.2) is 28.6 Å². The molecule has 0 saturated heterocycles. The Morgan fingerprint density at radius 1 is 1.00 bits per heavy atom. The minimum absolute atomic E-state index is 0.145. The molecule has 2 aromatic carbocycles. The zero-order valence-corrected chi connectivity index (χ0v) is 13.1. The minimum atomic E-state index is -0.436. The zero-order chi connectivity index (χ0) is 16.2. The molecule has 3 rings (SSSR count). The van der Waals surface area contributed by atoms with Gasteiger partial charge in [-0.2, -0.15) is 0 Å². The maximum atomic E-state index is 12.4. The van der Waals surface area contributed by atoms with Crippen molar-refractivity contribution in [1.29, 1.82) is 0 Å². The molecule has 120 valence electrons. The number of hydrogen-bond donors (Lipinski definition) is 2. The van der Waals surface area contributed by atoms with Gasteiger partial charge in [0.1, 0.15) is 6.61 Å². The Kier molecular flexibility index (Phi) is 4.74. The third-order valence-electron chi connectivity index (χ3n) is 4.39. The average molecular weight is 310 g/mol. The quantitative estimate of drug-likeness (QED) is 0.659. The number of aliphatic hydroxyl groups excluding tert-OH is 1. The first-order valence-electron chi connectivity index (χ1n) is 8.09. The third-order valence-corrected chi connectivity index (χ3v) is 4.39. The van der Waals surface area contributed by atoms with Gasteiger partial charge >= 0.3 is 0 Å². The first-order valence-corrected chi connectivity index (χ1v) is 8.09. The maximum absolute atomic E-state index is 12.4. The topological polar surface area (TPSA) is 68.2 Å². The Balaban J connectivity index is 2.18. The van der Waals surface area contributed by atoms with Gasteiger partial charge in [0.15, 0.2) is 5.78 Å². The zero-order valence-electron chi connectivity index (χ0n) is 13.1. The summed E-state index contributed by atoms with van der Waals surface area (Å²) in [5.41, 5.74) is 7.65. The number of nitrogens with two attached hydrogens (primary N) is 1. The average Bonchev–Trinajstić information content (AvgIpc) is 2.93. The highest BCUT2D eigenvalue weighted by Crippen LogP contribution is 2.33. The fourth-order valence-corrected chi connectivity index (χ4v) is 3.31. The van der Waals surface area contributed by atoms with Crippen LogP contribution in [0.5, 0.6) is 0 Å². The number of ketones is 1. The molecule has 0 aliphatic carbocycles. The number of carbonyl (C=O) groups is 1. The fraction of sp³-hybridized carbons (Fsp3) is 0.316. The Bertz CT molecular complexity index is 769. The summed E-state index contributed by atoms with van der Waals surface area (Å²) in [4.78, 5) is 12.4. The number of benzene rings is 2. The van der Waals surface area contributed by atoms with Crippen molar-refractivity contribution in [2.24, 2.45) is 5.73 Å². The lowest BCUT2D eigenvalue weighted by Crippen LogP contribution is -2.22. The number of unbranched alkanes of at least 4 members (excludes halogenated alkanes) is 1. The highest BCUT2D eigenvalue weighted by molar-refractivity contribution is 6.09. The molecule has 1 atom stereocenters. The van der Waals surface area contributed by atoms with E-state index in [1.165, 1.54) is 0 Å². The monoisotopic (exact) mass is 310 g/mol. The number of aromatic nitrogens is 1. The van der Waals surface area contributed by atoms with Gasteiger partial charge < -0.3 is 15.4 Å². The summed E-state index contributed by atoms with van der Waals surface area (Å²) in [7, 11) is 0. The van der Waals surface area contributed by atoms with Gasteiger partial charge in [-0.1, -0.05) is 36.4 Å². The summed E-state index contributed by atoms with van der Waals surface area (Å²) in [6.07, 6.45) is 2.44. The predicted molar refractivity (Wildman–Crippen MR) is 93.5 cm³/mol. The van der Waals surface area contributed by atoms with E-state index in [-0.39, 0.29) is 11.8 Å². The van der Waals surface area contributed by atoms with Crippen LogP contribution < -0.4 is 5.73 Å². The molecule has 3 N–H and O–H groups in total. The summed E-state index contributed by atoms with van der Waals surface area (Å²) in [5.74, 6) is -0.145. The molecular formula is C19H22N2O2. The summed E-state index contributed by atoms with van der Waals surface area (Å²) in [6, 6.07) is 15.9. The van der Waals surface area contributed by atoms with Crippen LogP contribution in [0.2, 0.25) is 0 Å². The van der Waals surface area contributed by atoms with Crippen LogP contribution in [0.1, 0.15) is 25.3 Å². The lowest BCUT2D eigenvalue weighted by atomic mass is 10.0. The molecule has 3 aromatic rings. The number of carbonyl (C=O) groups excluding carboxylic acids is 1. The highest BCUT2D eigenvalue weighted by atomic mass is 16.3. The molecule has 0 saturated carbocycles. The maximum Gasteiger partial charge on any atom is 0.180 e. The van der Waals surface area contributed by atoms with Crippen molar-refractivity contribution in [3.8, 4) is 0 Å². The van der Waals surface area contributed by atoms with Gasteiger partial charge in [0.2, 0.25) is 0 Å². The number of hydrogen-bond acceptors (Lipinski definition) is 3. The number of rotatable bonds is 7. The molecule has 0 unspecified atom stereocenters. The number of para-hydroxylation sites is 2. The minimum Gasteiger partial charge on any atom is -0.389 e. The molecule has 0 bridgehead atoms. The van der Waals surface area contributed by atoms with Gasteiger partial charge in [-0.05, 0) is 37.9 Å². The van der Waals surface area contributed by atoms with Crippen LogP contribution in [-0.2, 0) is 4.79 Å². The first-order chi connectivity index (χ1) is 11.3. The van der Waals surface area contributed by atoms with Crippen molar-refractivity contribution in [2.45, 2.75) is 25.3 Å². The molecule has 0 aliphatic rings. The van der Waals surface area contributed by atoms with Gasteiger partial charge in [0.25, 0.3) is 0 Å². The van der Waals surface area contributed by atoms with Gasteiger partial charge in [0, 0.05) is 21.8 Å². The van der Waals surface area contributed by atoms with Crippen LogP contribution in [0.25, 0.3) is 21.8 Å². The summed E-state index contributed by atoms with van der Waals surface area (Å²) in [6.45, 7) is 0.182. The molecule has 0 spiro atoms. The van der Waals surface area contributed by atoms with Gasteiger partial charge in [-0.25, -0.2) is 0 Å². The van der Waals surface area contributed by atoms with Crippen LogP contribution >= 0.6 is 0 Å². The van der Waals surface area contributed by atoms with Crippen molar-refractivity contribution in [1.82, 2.24) is 4.57 Å². The first kappa shape index (κ1) is 15.7. The van der Waals surface area contributed by atoms with E-state index < -0.39 is 6.61 Å². The molecule has 0 fully saturated rings. The smallest absolute Gasteiger partial charge is 0.180 e. The lowest BCUT2D eigenvalue weighted by molar-refractivity contribution is -0.125. The van der Waals surface area contributed by atoms with Gasteiger partial charge in [-0.15, -0.1) is 0 Å². The Morgan fingerprint density at radius 3 is 2.09 bits per heavy atom. The van der Waals surface area contributed by atoms with Crippen molar-refractivity contribution in [3.05, 3.63) is 48.5 Å². The van der Waals surface area contributed by atoms with Crippen LogP contribution in [0, 0.1) is 0 Å². The van der Waals surface area contributed by atoms with Crippen LogP contribution in [0.3, 0.4) is 0 Å². The number of nitrogens with zero attached hydrogens (tertiary/aromatic N) is 1. The van der Waals surface area contributed by atoms with E-state index in [0.717, 1.165) is 34.6 Å². The second-order valence-corrected chi connectivity index (χ2v) is 5.83. The molecule has 0 radical (unpaired) electrons. The third kappa shape index (κ3) is 2.87. The van der Waals surface area contributed by atoms with E-state index >= 15 is 0 Å². The number of aliphatic hydroxyl groups is 1. The standard InChI is InChI=1S/C19H22N2O2/c20-12-6-5-11-18(19(23)13-22)21-16-9-3-1-7-14(16)15-8-2-4-10-17(15)21/h1-4,7-10,18,22H,5-6,11-13,20H2/t18-/m0/s1. The predicted octanol–water partition coefficient (Wildman–Crippen LogP) is 3.03. The summed E-state index contributed by atoms with van der Waals surface area (Å²) in [5, 5.41) is 11.7. The summed E-state index contributed by atoms with van der Waals surface area (Å²) >= 11 is 0. The van der Waals surface area contributed by atoms with Crippen molar-refractivity contribution in [2.75, 3.05) is 13.2 Å². The molecule has 0 aliphatic heterocycles. The highest BCUT2D eigenvalue weighted by Gasteiger charge is 2.23. The van der Waals surface area contributed by atoms with E-state index in [2.05, 4.69) is 16.7 Å². The van der Waals surface area contributed by atoms with E-state index in [1.54, 1.807) is 0 Å². The van der Waals surface area contributed by atoms with Gasteiger partial charge in [0.05, 0.1) is 6.04 Å². The van der Waals surface area contributed by atoms with E-state index in [4.69, 9.17) is 5.73 Å². The Morgan fingerprint density at radius 2 is 1.57 bits per heavy atom. The van der Waals surface area contributed by atoms with Crippen LogP contribution in [0.15, 0.2) is 48.5 Å². The number of Topliss-reactive ketones (excluding diaryl/α,β-unsaturated/α-hetero) is 1. The van der Waals surface area contributed by atoms with E-state index in [0.29, 0.717) is 13.0 Å². The molecule has 1 heterocycles. The van der Waals surface area contributed by atoms with Crippen LogP contribution in [0.4, 0.5) is 0 Å². The second kappa shape index (κ2) is 6.94. The molecule has 1 aromatic heterocycles. The van der Waals surface area contributed by atoms with Crippen molar-refractivity contribution in [3.63, 3.8) is 0 Å². The molecule has 0 amide bonds. The molecule has 23 heavy (non-hydrogen) atoms. The van der Waals surface area contributed by atoms with Crippen molar-refractivity contribution >= 4 is 27.6 Å².